The minimum absolute atomic E-state index is 0.0836. The van der Waals surface area contributed by atoms with E-state index in [1.165, 1.54) is 12.1 Å². The summed E-state index contributed by atoms with van der Waals surface area (Å²) in [5.41, 5.74) is 1.58. The number of piperidine rings is 1. The van der Waals surface area contributed by atoms with Gasteiger partial charge in [-0.1, -0.05) is 19.4 Å². The van der Waals surface area contributed by atoms with Gasteiger partial charge in [0.25, 0.3) is 5.56 Å². The first-order valence-electron chi connectivity index (χ1n) is 9.44. The van der Waals surface area contributed by atoms with Gasteiger partial charge in [0.2, 0.25) is 0 Å². The zero-order chi connectivity index (χ0) is 18.3. The van der Waals surface area contributed by atoms with E-state index in [1.807, 2.05) is 10.6 Å². The van der Waals surface area contributed by atoms with Crippen LogP contribution in [0.15, 0.2) is 41.2 Å². The molecule has 1 saturated heterocycles. The number of benzene rings is 1. The average molecular weight is 358 g/mol. The summed E-state index contributed by atoms with van der Waals surface area (Å²) in [6.07, 6.45) is 3.05. The molecule has 4 rings (SSSR count). The molecule has 2 aromatic rings. The van der Waals surface area contributed by atoms with E-state index in [0.717, 1.165) is 44.1 Å². The summed E-state index contributed by atoms with van der Waals surface area (Å²) in [5.74, 6) is -0.117. The SMILES string of the molecule is CCC[C@H]1[C@H]2C[C@H](CN(Cc3cc(F)ccc3F)C2)c2cccc(=O)n21. The molecule has 0 unspecified atom stereocenters. The second-order valence-corrected chi connectivity index (χ2v) is 7.64. The average Bonchev–Trinajstić information content (AvgIpc) is 2.62. The quantitative estimate of drug-likeness (QED) is 0.823. The Bertz CT molecular complexity index is 863. The van der Waals surface area contributed by atoms with Crippen LogP contribution in [0.3, 0.4) is 0 Å². The highest BCUT2D eigenvalue weighted by atomic mass is 19.1. The molecule has 2 aliphatic heterocycles. The van der Waals surface area contributed by atoms with Crippen molar-refractivity contribution in [1.82, 2.24) is 9.47 Å². The Labute approximate surface area is 152 Å². The standard InChI is InChI=1S/C21H24F2N2O/c1-2-4-19-15-9-16(20-5-3-6-21(26)25(19)20)13-24(12-15)11-14-10-17(22)7-8-18(14)23/h3,5-8,10,15-16,19H,2,4,9,11-13H2,1H3/t15-,16+,19-/m0/s1. The largest absolute Gasteiger partial charge is 0.309 e. The predicted molar refractivity (Wildman–Crippen MR) is 97.1 cm³/mol. The number of hydrogen-bond donors (Lipinski definition) is 0. The summed E-state index contributed by atoms with van der Waals surface area (Å²) in [7, 11) is 0. The highest BCUT2D eigenvalue weighted by Crippen LogP contribution is 2.43. The molecule has 0 radical (unpaired) electrons. The van der Waals surface area contributed by atoms with E-state index in [4.69, 9.17) is 0 Å². The van der Waals surface area contributed by atoms with Crippen molar-refractivity contribution in [3.05, 3.63) is 69.6 Å². The van der Waals surface area contributed by atoms with Gasteiger partial charge in [-0.2, -0.15) is 0 Å². The third-order valence-corrected chi connectivity index (χ3v) is 5.86. The van der Waals surface area contributed by atoms with E-state index in [0.29, 0.717) is 18.0 Å². The Morgan fingerprint density at radius 2 is 2.00 bits per heavy atom. The van der Waals surface area contributed by atoms with Crippen LogP contribution in [0.1, 0.15) is 49.4 Å². The van der Waals surface area contributed by atoms with Gasteiger partial charge in [-0.3, -0.25) is 9.69 Å². The number of nitrogens with zero attached hydrogens (tertiary/aromatic N) is 2. The van der Waals surface area contributed by atoms with E-state index in [1.54, 1.807) is 6.07 Å². The first-order valence-corrected chi connectivity index (χ1v) is 9.44. The van der Waals surface area contributed by atoms with Crippen LogP contribution < -0.4 is 5.56 Å². The Morgan fingerprint density at radius 3 is 2.81 bits per heavy atom. The van der Waals surface area contributed by atoms with Gasteiger partial charge >= 0.3 is 0 Å². The van der Waals surface area contributed by atoms with E-state index < -0.39 is 5.82 Å². The van der Waals surface area contributed by atoms with Gasteiger partial charge in [-0.25, -0.2) is 8.78 Å². The van der Waals surface area contributed by atoms with Crippen molar-refractivity contribution in [3.8, 4) is 0 Å². The lowest BCUT2D eigenvalue weighted by Gasteiger charge is -2.47. The highest BCUT2D eigenvalue weighted by Gasteiger charge is 2.40. The van der Waals surface area contributed by atoms with Gasteiger partial charge in [-0.15, -0.1) is 0 Å². The molecule has 3 heterocycles. The first kappa shape index (κ1) is 17.4. The maximum Gasteiger partial charge on any atom is 0.250 e. The summed E-state index contributed by atoms with van der Waals surface area (Å²) in [5, 5.41) is 0. The number of rotatable bonds is 4. The number of fused-ring (bicyclic) bond motifs is 4. The summed E-state index contributed by atoms with van der Waals surface area (Å²) in [4.78, 5) is 14.7. The van der Waals surface area contributed by atoms with Crippen molar-refractivity contribution in [2.45, 2.75) is 44.7 Å². The van der Waals surface area contributed by atoms with E-state index in [2.05, 4.69) is 17.9 Å². The minimum atomic E-state index is -0.403. The van der Waals surface area contributed by atoms with Crippen molar-refractivity contribution < 1.29 is 8.78 Å². The summed E-state index contributed by atoms with van der Waals surface area (Å²) >= 11 is 0. The van der Waals surface area contributed by atoms with E-state index in [-0.39, 0.29) is 23.3 Å². The fourth-order valence-electron chi connectivity index (χ4n) is 4.84. The highest BCUT2D eigenvalue weighted by molar-refractivity contribution is 5.21. The van der Waals surface area contributed by atoms with Crippen LogP contribution in [-0.2, 0) is 6.54 Å². The maximum atomic E-state index is 14.1. The minimum Gasteiger partial charge on any atom is -0.309 e. The lowest BCUT2D eigenvalue weighted by Crippen LogP contribution is -2.49. The van der Waals surface area contributed by atoms with E-state index in [9.17, 15) is 13.6 Å². The van der Waals surface area contributed by atoms with Gasteiger partial charge in [0.05, 0.1) is 0 Å². The maximum absolute atomic E-state index is 14.1. The molecule has 138 valence electrons. The zero-order valence-corrected chi connectivity index (χ0v) is 15.0. The number of aromatic nitrogens is 1. The van der Waals surface area contributed by atoms with Crippen LogP contribution in [-0.4, -0.2) is 22.6 Å². The Balaban J connectivity index is 1.65. The third-order valence-electron chi connectivity index (χ3n) is 5.86. The van der Waals surface area contributed by atoms with Crippen LogP contribution in [0.4, 0.5) is 8.78 Å². The fraction of sp³-hybridized carbons (Fsp3) is 0.476. The van der Waals surface area contributed by atoms with Crippen LogP contribution in [0.25, 0.3) is 0 Å². The number of pyridine rings is 1. The van der Waals surface area contributed by atoms with Crippen molar-refractivity contribution in [1.29, 1.82) is 0 Å². The molecule has 3 atom stereocenters. The molecule has 0 spiro atoms. The van der Waals surface area contributed by atoms with Crippen LogP contribution in [0, 0.1) is 17.6 Å². The monoisotopic (exact) mass is 358 g/mol. The summed E-state index contributed by atoms with van der Waals surface area (Å²) in [6, 6.07) is 9.38. The Morgan fingerprint density at radius 1 is 1.15 bits per heavy atom. The Hall–Kier alpha value is -2.01. The number of halogens is 2. The van der Waals surface area contributed by atoms with Gasteiger partial charge in [0, 0.05) is 48.9 Å². The molecule has 1 aromatic carbocycles. The van der Waals surface area contributed by atoms with Crippen LogP contribution in [0.2, 0.25) is 0 Å². The third kappa shape index (κ3) is 3.09. The smallest absolute Gasteiger partial charge is 0.250 e. The molecule has 0 N–H and O–H groups in total. The molecule has 0 saturated carbocycles. The molecular formula is C21H24F2N2O. The molecule has 2 bridgehead atoms. The Kier molecular flexibility index (Phi) is 4.65. The normalized spacial score (nSPS) is 25.1. The van der Waals surface area contributed by atoms with E-state index >= 15 is 0 Å². The van der Waals surface area contributed by atoms with Crippen LogP contribution in [0.5, 0.6) is 0 Å². The molecule has 1 fully saturated rings. The topological polar surface area (TPSA) is 25.2 Å². The molecule has 1 aromatic heterocycles. The molecule has 0 aliphatic carbocycles. The van der Waals surface area contributed by atoms with Crippen molar-refractivity contribution in [2.75, 3.05) is 13.1 Å². The predicted octanol–water partition coefficient (Wildman–Crippen LogP) is 4.09. The number of hydrogen-bond acceptors (Lipinski definition) is 2. The molecule has 3 nitrogen and oxygen atoms in total. The van der Waals surface area contributed by atoms with Gasteiger partial charge < -0.3 is 4.57 Å². The van der Waals surface area contributed by atoms with Crippen molar-refractivity contribution in [2.24, 2.45) is 5.92 Å². The van der Waals surface area contributed by atoms with Gasteiger partial charge in [0.15, 0.2) is 0 Å². The van der Waals surface area contributed by atoms with Crippen molar-refractivity contribution >= 4 is 0 Å². The zero-order valence-electron chi connectivity index (χ0n) is 15.0. The number of likely N-dealkylation sites (tertiary alicyclic amines) is 1. The first-order chi connectivity index (χ1) is 12.6. The van der Waals surface area contributed by atoms with Gasteiger partial charge in [0.1, 0.15) is 11.6 Å². The van der Waals surface area contributed by atoms with Gasteiger partial charge in [-0.05, 0) is 43.0 Å². The lowest BCUT2D eigenvalue weighted by molar-refractivity contribution is 0.0809. The molecule has 2 aliphatic rings. The molecule has 0 amide bonds. The fourth-order valence-corrected chi connectivity index (χ4v) is 4.84. The second kappa shape index (κ2) is 6.95. The summed E-state index contributed by atoms with van der Waals surface area (Å²) in [6.45, 7) is 4.14. The summed E-state index contributed by atoms with van der Waals surface area (Å²) < 4.78 is 29.6. The van der Waals surface area contributed by atoms with Crippen molar-refractivity contribution in [3.63, 3.8) is 0 Å². The molecular weight excluding hydrogens is 334 g/mol. The second-order valence-electron chi connectivity index (χ2n) is 7.64. The molecule has 26 heavy (non-hydrogen) atoms. The lowest BCUT2D eigenvalue weighted by atomic mass is 9.77. The van der Waals surface area contributed by atoms with Crippen LogP contribution >= 0.6 is 0 Å². The molecule has 5 heteroatoms.